The molecule has 1 heterocycles. The van der Waals surface area contributed by atoms with Gasteiger partial charge in [0, 0.05) is 21.7 Å². The Morgan fingerprint density at radius 3 is 2.48 bits per heavy atom. The predicted octanol–water partition coefficient (Wildman–Crippen LogP) is 7.70. The Morgan fingerprint density at radius 2 is 1.67 bits per heavy atom. The van der Waals surface area contributed by atoms with Gasteiger partial charge in [-0.15, -0.1) is 0 Å². The highest BCUT2D eigenvalue weighted by atomic mass is 79.9. The maximum absolute atomic E-state index is 3.58. The van der Waals surface area contributed by atoms with Gasteiger partial charge >= 0.3 is 0 Å². The van der Waals surface area contributed by atoms with Gasteiger partial charge in [0.2, 0.25) is 0 Å². The number of halogens is 1. The Kier molecular flexibility index (Phi) is 3.87. The third-order valence-electron chi connectivity index (χ3n) is 5.18. The van der Waals surface area contributed by atoms with E-state index in [0.29, 0.717) is 0 Å². The highest BCUT2D eigenvalue weighted by Crippen LogP contribution is 2.42. The van der Waals surface area contributed by atoms with Crippen molar-refractivity contribution in [3.63, 3.8) is 0 Å². The summed E-state index contributed by atoms with van der Waals surface area (Å²) >= 11 is 3.58. The van der Waals surface area contributed by atoms with Crippen LogP contribution in [0.2, 0.25) is 0 Å². The molecule has 0 saturated carbocycles. The number of anilines is 2. The van der Waals surface area contributed by atoms with E-state index >= 15 is 0 Å². The molecule has 0 radical (unpaired) electrons. The van der Waals surface area contributed by atoms with E-state index in [-0.39, 0.29) is 0 Å². The van der Waals surface area contributed by atoms with Gasteiger partial charge in [0.15, 0.2) is 0 Å². The Morgan fingerprint density at radius 1 is 0.815 bits per heavy atom. The summed E-state index contributed by atoms with van der Waals surface area (Å²) in [6.07, 6.45) is 4.37. The summed E-state index contributed by atoms with van der Waals surface area (Å²) in [7, 11) is 0. The van der Waals surface area contributed by atoms with Crippen LogP contribution in [0.1, 0.15) is 11.1 Å². The number of aryl methyl sites for hydroxylation is 1. The first kappa shape index (κ1) is 16.3. The Labute approximate surface area is 167 Å². The number of rotatable bonds is 2. The molecule has 0 amide bonds. The lowest BCUT2D eigenvalue weighted by Crippen LogP contribution is -2.12. The molecule has 5 rings (SSSR count). The van der Waals surface area contributed by atoms with E-state index in [1.54, 1.807) is 0 Å². The third kappa shape index (κ3) is 2.77. The fourth-order valence-corrected chi connectivity index (χ4v) is 4.39. The Bertz CT molecular complexity index is 1190. The van der Waals surface area contributed by atoms with Gasteiger partial charge in [-0.25, -0.2) is 0 Å². The van der Waals surface area contributed by atoms with Crippen LogP contribution in [0.25, 0.3) is 28.0 Å². The molecule has 0 saturated heterocycles. The summed E-state index contributed by atoms with van der Waals surface area (Å²) in [4.78, 5) is 2.28. The molecule has 4 aromatic rings. The van der Waals surface area contributed by atoms with Crippen LogP contribution in [0.3, 0.4) is 0 Å². The monoisotopic (exact) mass is 411 g/mol. The van der Waals surface area contributed by atoms with Crippen LogP contribution in [0.4, 0.5) is 11.4 Å². The van der Waals surface area contributed by atoms with Crippen molar-refractivity contribution in [2.75, 3.05) is 4.90 Å². The quantitative estimate of drug-likeness (QED) is 0.326. The average molecular weight is 412 g/mol. The van der Waals surface area contributed by atoms with E-state index in [1.807, 2.05) is 0 Å². The fraction of sp³-hybridized carbons (Fsp3) is 0.0400. The number of nitrogens with zero attached hydrogens (tertiary/aromatic N) is 1. The summed E-state index contributed by atoms with van der Waals surface area (Å²) in [6.45, 7) is 2.17. The van der Waals surface area contributed by atoms with Gasteiger partial charge in [0.1, 0.15) is 0 Å². The summed E-state index contributed by atoms with van der Waals surface area (Å²) < 4.78 is 1.11. The summed E-state index contributed by atoms with van der Waals surface area (Å²) in [5, 5.41) is 2.58. The topological polar surface area (TPSA) is 3.24 Å². The molecule has 1 aliphatic rings. The van der Waals surface area contributed by atoms with Crippen LogP contribution in [-0.4, -0.2) is 0 Å². The highest BCUT2D eigenvalue weighted by Gasteiger charge is 2.18. The Hall–Kier alpha value is -2.84. The van der Waals surface area contributed by atoms with Crippen molar-refractivity contribution < 1.29 is 0 Å². The number of benzene rings is 4. The zero-order chi connectivity index (χ0) is 18.4. The van der Waals surface area contributed by atoms with Crippen molar-refractivity contribution in [1.29, 1.82) is 0 Å². The second kappa shape index (κ2) is 6.40. The molecular weight excluding hydrogens is 394 g/mol. The van der Waals surface area contributed by atoms with Crippen molar-refractivity contribution in [1.82, 2.24) is 0 Å². The van der Waals surface area contributed by atoms with Crippen LogP contribution in [0.15, 0.2) is 89.5 Å². The lowest BCUT2D eigenvalue weighted by molar-refractivity contribution is 1.29. The molecule has 1 nitrogen and oxygen atoms in total. The van der Waals surface area contributed by atoms with E-state index in [2.05, 4.69) is 119 Å². The van der Waals surface area contributed by atoms with Gasteiger partial charge in [-0.2, -0.15) is 0 Å². The number of para-hydroxylation sites is 1. The minimum atomic E-state index is 1.11. The zero-order valence-corrected chi connectivity index (χ0v) is 16.6. The van der Waals surface area contributed by atoms with E-state index in [4.69, 9.17) is 0 Å². The van der Waals surface area contributed by atoms with Crippen LogP contribution in [0.5, 0.6) is 0 Å². The molecule has 2 heteroatoms. The second-order valence-electron chi connectivity index (χ2n) is 6.92. The first-order valence-electron chi connectivity index (χ1n) is 9.06. The first-order chi connectivity index (χ1) is 13.2. The minimum absolute atomic E-state index is 1.11. The predicted molar refractivity (Wildman–Crippen MR) is 119 cm³/mol. The van der Waals surface area contributed by atoms with Gasteiger partial charge in [0.05, 0.1) is 5.69 Å². The molecule has 0 aromatic heterocycles. The molecule has 1 aliphatic heterocycles. The molecule has 0 bridgehead atoms. The van der Waals surface area contributed by atoms with Gasteiger partial charge in [-0.05, 0) is 77.0 Å². The van der Waals surface area contributed by atoms with Crippen LogP contribution >= 0.6 is 15.9 Å². The largest absolute Gasteiger partial charge is 0.316 e. The highest BCUT2D eigenvalue weighted by molar-refractivity contribution is 9.10. The molecule has 0 spiro atoms. The second-order valence-corrected chi connectivity index (χ2v) is 7.84. The molecule has 27 heavy (non-hydrogen) atoms. The molecular formula is C25H18BrN. The van der Waals surface area contributed by atoms with Crippen molar-refractivity contribution >= 4 is 44.2 Å². The SMILES string of the molecule is Cc1cc(Br)ccc1-c1cc2c3c(cccc3c1)C=CN2c1ccccc1. The van der Waals surface area contributed by atoms with Gasteiger partial charge < -0.3 is 4.90 Å². The number of hydrogen-bond acceptors (Lipinski definition) is 1. The van der Waals surface area contributed by atoms with E-state index in [1.165, 1.54) is 44.4 Å². The van der Waals surface area contributed by atoms with E-state index in [0.717, 1.165) is 4.47 Å². The van der Waals surface area contributed by atoms with E-state index in [9.17, 15) is 0 Å². The molecule has 0 fully saturated rings. The summed E-state index contributed by atoms with van der Waals surface area (Å²) in [5.41, 5.74) is 7.46. The van der Waals surface area contributed by atoms with Crippen molar-refractivity contribution in [3.05, 3.63) is 101 Å². The van der Waals surface area contributed by atoms with Gasteiger partial charge in [-0.1, -0.05) is 58.4 Å². The molecule has 0 N–H and O–H groups in total. The summed E-state index contributed by atoms with van der Waals surface area (Å²) in [6, 6.07) is 28.2. The van der Waals surface area contributed by atoms with Crippen molar-refractivity contribution in [2.45, 2.75) is 6.92 Å². The molecule has 0 atom stereocenters. The van der Waals surface area contributed by atoms with Crippen molar-refractivity contribution in [3.8, 4) is 11.1 Å². The molecule has 4 aromatic carbocycles. The van der Waals surface area contributed by atoms with Crippen LogP contribution in [-0.2, 0) is 0 Å². The summed E-state index contributed by atoms with van der Waals surface area (Å²) in [5.74, 6) is 0. The fourth-order valence-electron chi connectivity index (χ4n) is 3.92. The lowest BCUT2D eigenvalue weighted by Gasteiger charge is -2.27. The average Bonchev–Trinajstić information content (AvgIpc) is 2.69. The van der Waals surface area contributed by atoms with Gasteiger partial charge in [0.25, 0.3) is 0 Å². The first-order valence-corrected chi connectivity index (χ1v) is 9.86. The van der Waals surface area contributed by atoms with E-state index < -0.39 is 0 Å². The van der Waals surface area contributed by atoms with Gasteiger partial charge in [-0.3, -0.25) is 0 Å². The standard InChI is InChI=1S/C25H18BrN/c1-17-14-21(26)10-11-23(17)20-15-19-7-5-6-18-12-13-27(24(16-20)25(18)19)22-8-3-2-4-9-22/h2-16H,1H3. The lowest BCUT2D eigenvalue weighted by atomic mass is 9.93. The van der Waals surface area contributed by atoms with Crippen LogP contribution in [0, 0.1) is 6.92 Å². The molecule has 0 aliphatic carbocycles. The number of hydrogen-bond donors (Lipinski definition) is 0. The molecule has 0 unspecified atom stereocenters. The Balaban J connectivity index is 1.79. The third-order valence-corrected chi connectivity index (χ3v) is 5.68. The van der Waals surface area contributed by atoms with Crippen molar-refractivity contribution in [2.24, 2.45) is 0 Å². The maximum atomic E-state index is 3.58. The minimum Gasteiger partial charge on any atom is -0.316 e. The van der Waals surface area contributed by atoms with Crippen LogP contribution < -0.4 is 4.90 Å². The normalized spacial score (nSPS) is 12.6. The molecule has 130 valence electrons. The smallest absolute Gasteiger partial charge is 0.0546 e. The zero-order valence-electron chi connectivity index (χ0n) is 15.0. The maximum Gasteiger partial charge on any atom is 0.0546 e.